The van der Waals surface area contributed by atoms with E-state index in [9.17, 15) is 4.79 Å². The Labute approximate surface area is 206 Å². The van der Waals surface area contributed by atoms with E-state index in [2.05, 4.69) is 50.0 Å². The summed E-state index contributed by atoms with van der Waals surface area (Å²) < 4.78 is 1.97. The molecule has 1 aromatic carbocycles. The lowest BCUT2D eigenvalue weighted by molar-refractivity contribution is 0.102. The zero-order valence-corrected chi connectivity index (χ0v) is 21.8. The molecule has 180 valence electrons. The molecule has 34 heavy (non-hydrogen) atoms. The third-order valence-corrected chi connectivity index (χ3v) is 7.70. The van der Waals surface area contributed by atoms with Crippen molar-refractivity contribution in [2.24, 2.45) is 0 Å². The van der Waals surface area contributed by atoms with Crippen molar-refractivity contribution in [1.29, 1.82) is 0 Å². The number of benzene rings is 1. The van der Waals surface area contributed by atoms with Gasteiger partial charge in [-0.05, 0) is 70.7 Å². The number of carbonyl (C=O) groups is 1. The molecule has 0 bridgehead atoms. The molecule has 3 aromatic rings. The van der Waals surface area contributed by atoms with Gasteiger partial charge in [-0.1, -0.05) is 12.1 Å². The number of rotatable bonds is 5. The topological polar surface area (TPSA) is 63.1 Å². The molecule has 2 fully saturated rings. The van der Waals surface area contributed by atoms with E-state index in [0.29, 0.717) is 11.5 Å². The van der Waals surface area contributed by atoms with Crippen LogP contribution in [0.2, 0.25) is 0 Å². The van der Waals surface area contributed by atoms with Crippen LogP contribution in [0.4, 0.5) is 5.69 Å². The molecular weight excluding hydrogens is 442 g/mol. The third-order valence-electron chi connectivity index (χ3n) is 6.76. The van der Waals surface area contributed by atoms with Crippen LogP contribution in [0.15, 0.2) is 24.3 Å². The number of hydrogen-bond acceptors (Lipinski definition) is 5. The smallest absolute Gasteiger partial charge is 0.256 e. The van der Waals surface area contributed by atoms with Gasteiger partial charge in [-0.2, -0.15) is 16.9 Å². The first-order valence-corrected chi connectivity index (χ1v) is 13.5. The summed E-state index contributed by atoms with van der Waals surface area (Å²) in [5.41, 5.74) is 6.38. The largest absolute Gasteiger partial charge is 0.322 e. The lowest BCUT2D eigenvalue weighted by atomic mass is 10.0. The van der Waals surface area contributed by atoms with Gasteiger partial charge >= 0.3 is 0 Å². The van der Waals surface area contributed by atoms with E-state index in [1.54, 1.807) is 0 Å². The van der Waals surface area contributed by atoms with Crippen molar-refractivity contribution in [3.8, 4) is 0 Å². The average molecular weight is 478 g/mol. The van der Waals surface area contributed by atoms with Crippen LogP contribution >= 0.6 is 11.8 Å². The molecule has 7 heteroatoms. The fourth-order valence-corrected chi connectivity index (χ4v) is 5.69. The number of carbonyl (C=O) groups excluding carboxylic acids is 1. The van der Waals surface area contributed by atoms with Gasteiger partial charge in [-0.25, -0.2) is 9.67 Å². The van der Waals surface area contributed by atoms with E-state index < -0.39 is 0 Å². The number of nitrogens with zero attached hydrogens (tertiary/aromatic N) is 4. The monoisotopic (exact) mass is 477 g/mol. The Morgan fingerprint density at radius 2 is 1.88 bits per heavy atom. The molecule has 1 saturated heterocycles. The Morgan fingerprint density at radius 3 is 2.53 bits per heavy atom. The molecule has 2 aliphatic rings. The first-order chi connectivity index (χ1) is 16.2. The highest BCUT2D eigenvalue weighted by Gasteiger charge is 2.30. The fraction of sp³-hybridized carbons (Fsp3) is 0.519. The number of anilines is 1. The summed E-state index contributed by atoms with van der Waals surface area (Å²) in [7, 11) is 0. The SMILES string of the molecule is Cc1cc(CN2CCSCC2)ccc1NC(=O)c1cc(C2CC2)nc2c1c(C)nn2C(C)(C)C. The van der Waals surface area contributed by atoms with Gasteiger partial charge in [0.05, 0.1) is 22.2 Å². The summed E-state index contributed by atoms with van der Waals surface area (Å²) in [6.45, 7) is 13.7. The molecule has 0 atom stereocenters. The average Bonchev–Trinajstić information content (AvgIpc) is 3.58. The molecule has 0 spiro atoms. The minimum Gasteiger partial charge on any atom is -0.322 e. The van der Waals surface area contributed by atoms with Gasteiger partial charge in [0.1, 0.15) is 0 Å². The van der Waals surface area contributed by atoms with E-state index in [1.807, 2.05) is 35.5 Å². The zero-order chi connectivity index (χ0) is 24.0. The zero-order valence-electron chi connectivity index (χ0n) is 20.9. The summed E-state index contributed by atoms with van der Waals surface area (Å²) in [5.74, 6) is 2.78. The van der Waals surface area contributed by atoms with Crippen molar-refractivity contribution >= 4 is 34.4 Å². The van der Waals surface area contributed by atoms with Gasteiger partial charge in [0.15, 0.2) is 5.65 Å². The Balaban J connectivity index is 1.45. The standard InChI is InChI=1S/C27H35N5OS/c1-17-14-19(16-31-10-12-34-13-11-31)6-9-22(17)29-26(33)21-15-23(20-7-8-20)28-25-24(21)18(2)30-32(25)27(3,4)5/h6,9,14-15,20H,7-8,10-13,16H2,1-5H3,(H,29,33). The van der Waals surface area contributed by atoms with Crippen molar-refractivity contribution < 1.29 is 4.79 Å². The molecule has 1 saturated carbocycles. The maximum atomic E-state index is 13.6. The van der Waals surface area contributed by atoms with Gasteiger partial charge in [-0.3, -0.25) is 9.69 Å². The second kappa shape index (κ2) is 9.00. The van der Waals surface area contributed by atoms with Crippen LogP contribution in [0, 0.1) is 13.8 Å². The maximum absolute atomic E-state index is 13.6. The molecule has 1 aliphatic carbocycles. The quantitative estimate of drug-likeness (QED) is 0.527. The molecule has 6 nitrogen and oxygen atoms in total. The number of nitrogens with one attached hydrogen (secondary N) is 1. The molecule has 0 radical (unpaired) electrons. The third kappa shape index (κ3) is 4.73. The molecule has 1 aliphatic heterocycles. The summed E-state index contributed by atoms with van der Waals surface area (Å²) in [4.78, 5) is 21.1. The lowest BCUT2D eigenvalue weighted by Crippen LogP contribution is -2.31. The highest BCUT2D eigenvalue weighted by molar-refractivity contribution is 7.99. The Kier molecular flexibility index (Phi) is 6.19. The number of aryl methyl sites for hydroxylation is 2. The van der Waals surface area contributed by atoms with Crippen LogP contribution in [0.3, 0.4) is 0 Å². The number of hydrogen-bond donors (Lipinski definition) is 1. The van der Waals surface area contributed by atoms with Crippen LogP contribution < -0.4 is 5.32 Å². The molecule has 1 N–H and O–H groups in total. The van der Waals surface area contributed by atoms with Gasteiger partial charge in [0, 0.05) is 48.4 Å². The van der Waals surface area contributed by atoms with Crippen LogP contribution in [0.1, 0.15) is 72.4 Å². The van der Waals surface area contributed by atoms with E-state index in [0.717, 1.165) is 66.1 Å². The van der Waals surface area contributed by atoms with Gasteiger partial charge in [0.25, 0.3) is 5.91 Å². The summed E-state index contributed by atoms with van der Waals surface area (Å²) >= 11 is 2.03. The van der Waals surface area contributed by atoms with E-state index in [1.165, 1.54) is 17.1 Å². The second-order valence-corrected chi connectivity index (χ2v) is 12.0. The van der Waals surface area contributed by atoms with E-state index >= 15 is 0 Å². The molecule has 0 unspecified atom stereocenters. The van der Waals surface area contributed by atoms with Crippen molar-refractivity contribution in [2.75, 3.05) is 29.9 Å². The highest BCUT2D eigenvalue weighted by atomic mass is 32.2. The molecule has 2 aromatic heterocycles. The minimum atomic E-state index is -0.213. The van der Waals surface area contributed by atoms with Crippen LogP contribution in [-0.4, -0.2) is 50.2 Å². The van der Waals surface area contributed by atoms with Crippen LogP contribution in [-0.2, 0) is 12.1 Å². The number of pyridine rings is 1. The van der Waals surface area contributed by atoms with Crippen molar-refractivity contribution in [2.45, 2.75) is 65.5 Å². The highest BCUT2D eigenvalue weighted by Crippen LogP contribution is 2.41. The van der Waals surface area contributed by atoms with Crippen molar-refractivity contribution in [3.63, 3.8) is 0 Å². The normalized spacial score (nSPS) is 17.3. The van der Waals surface area contributed by atoms with Crippen molar-refractivity contribution in [1.82, 2.24) is 19.7 Å². The van der Waals surface area contributed by atoms with Gasteiger partial charge < -0.3 is 5.32 Å². The summed E-state index contributed by atoms with van der Waals surface area (Å²) in [6, 6.07) is 8.39. The first kappa shape index (κ1) is 23.4. The van der Waals surface area contributed by atoms with E-state index in [4.69, 9.17) is 10.1 Å². The Morgan fingerprint density at radius 1 is 1.15 bits per heavy atom. The van der Waals surface area contributed by atoms with Crippen molar-refractivity contribution in [3.05, 3.63) is 52.3 Å². The molecule has 1 amide bonds. The summed E-state index contributed by atoms with van der Waals surface area (Å²) in [6.07, 6.45) is 2.27. The number of aromatic nitrogens is 3. The number of fused-ring (bicyclic) bond motifs is 1. The van der Waals surface area contributed by atoms with Gasteiger partial charge in [-0.15, -0.1) is 0 Å². The molecule has 5 rings (SSSR count). The molecular formula is C27H35N5OS. The second-order valence-electron chi connectivity index (χ2n) is 10.7. The van der Waals surface area contributed by atoms with Crippen LogP contribution in [0.25, 0.3) is 11.0 Å². The first-order valence-electron chi connectivity index (χ1n) is 12.3. The fourth-order valence-electron chi connectivity index (χ4n) is 4.71. The number of thioether (sulfide) groups is 1. The lowest BCUT2D eigenvalue weighted by Gasteiger charge is -2.26. The minimum absolute atomic E-state index is 0.0882. The molecule has 3 heterocycles. The van der Waals surface area contributed by atoms with Gasteiger partial charge in [0.2, 0.25) is 0 Å². The Bertz CT molecular complexity index is 1230. The summed E-state index contributed by atoms with van der Waals surface area (Å²) in [5, 5.41) is 8.83. The van der Waals surface area contributed by atoms with Crippen LogP contribution in [0.5, 0.6) is 0 Å². The Hall–Kier alpha value is -2.38. The maximum Gasteiger partial charge on any atom is 0.256 e. The predicted octanol–water partition coefficient (Wildman–Crippen LogP) is 5.48. The number of amides is 1. The van der Waals surface area contributed by atoms with E-state index in [-0.39, 0.29) is 11.4 Å². The predicted molar refractivity (Wildman–Crippen MR) is 141 cm³/mol.